The Bertz CT molecular complexity index is 433. The van der Waals surface area contributed by atoms with Gasteiger partial charge in [0, 0.05) is 36.3 Å². The van der Waals surface area contributed by atoms with Crippen molar-refractivity contribution in [3.63, 3.8) is 0 Å². The highest BCUT2D eigenvalue weighted by Crippen LogP contribution is 2.13. The summed E-state index contributed by atoms with van der Waals surface area (Å²) in [7, 11) is 2.03. The van der Waals surface area contributed by atoms with Crippen molar-refractivity contribution in [2.24, 2.45) is 0 Å². The van der Waals surface area contributed by atoms with Crippen LogP contribution in [-0.4, -0.2) is 22.6 Å². The van der Waals surface area contributed by atoms with Crippen LogP contribution in [0.25, 0.3) is 0 Å². The smallest absolute Gasteiger partial charge is 0.110 e. The van der Waals surface area contributed by atoms with Gasteiger partial charge in [-0.1, -0.05) is 6.07 Å². The van der Waals surface area contributed by atoms with Gasteiger partial charge in [-0.2, -0.15) is 0 Å². The molecule has 2 aromatic rings. The minimum atomic E-state index is 0.460. The summed E-state index contributed by atoms with van der Waals surface area (Å²) in [5.41, 5.74) is 0. The molecule has 1 unspecified atom stereocenters. The molecule has 0 aromatic carbocycles. The van der Waals surface area contributed by atoms with E-state index >= 15 is 0 Å². The molecule has 1 N–H and O–H groups in total. The molecule has 17 heavy (non-hydrogen) atoms. The van der Waals surface area contributed by atoms with Crippen molar-refractivity contribution in [3.8, 4) is 0 Å². The molecule has 4 heteroatoms. The molecule has 0 spiro atoms. The summed E-state index contributed by atoms with van der Waals surface area (Å²) in [5.74, 6) is 1.17. The van der Waals surface area contributed by atoms with Crippen LogP contribution in [0.15, 0.2) is 29.9 Å². The summed E-state index contributed by atoms with van der Waals surface area (Å²) in [4.78, 5) is 5.86. The third kappa shape index (κ3) is 3.17. The van der Waals surface area contributed by atoms with Crippen molar-refractivity contribution < 1.29 is 0 Å². The summed E-state index contributed by atoms with van der Waals surface area (Å²) < 4.78 is 2.21. The maximum absolute atomic E-state index is 4.43. The highest BCUT2D eigenvalue weighted by Gasteiger charge is 2.12. The van der Waals surface area contributed by atoms with E-state index in [4.69, 9.17) is 0 Å². The van der Waals surface area contributed by atoms with E-state index in [1.165, 1.54) is 10.7 Å². The summed E-state index contributed by atoms with van der Waals surface area (Å²) in [6.07, 6.45) is 5.99. The lowest BCUT2D eigenvalue weighted by Crippen LogP contribution is -2.30. The van der Waals surface area contributed by atoms with E-state index in [0.717, 1.165) is 19.4 Å². The Morgan fingerprint density at radius 1 is 1.47 bits per heavy atom. The molecular weight excluding hydrogens is 230 g/mol. The standard InChI is InChI=1S/C13H19N3S/c1-3-16-7-6-15-13(16)10-11(14-2)9-12-5-4-8-17-12/h4-8,11,14H,3,9-10H2,1-2H3. The molecular formula is C13H19N3S. The number of hydrogen-bond acceptors (Lipinski definition) is 3. The van der Waals surface area contributed by atoms with E-state index in [2.05, 4.69) is 39.3 Å². The molecule has 2 rings (SSSR count). The van der Waals surface area contributed by atoms with E-state index in [-0.39, 0.29) is 0 Å². The molecule has 0 fully saturated rings. The lowest BCUT2D eigenvalue weighted by atomic mass is 10.1. The third-order valence-corrected chi connectivity index (χ3v) is 3.91. The SMILES string of the molecule is CCn1ccnc1CC(Cc1cccs1)NC. The zero-order valence-electron chi connectivity index (χ0n) is 10.4. The van der Waals surface area contributed by atoms with Crippen molar-refractivity contribution in [1.82, 2.24) is 14.9 Å². The predicted molar refractivity (Wildman–Crippen MR) is 72.5 cm³/mol. The quantitative estimate of drug-likeness (QED) is 0.851. The fourth-order valence-electron chi connectivity index (χ4n) is 1.99. The Morgan fingerprint density at radius 3 is 3.00 bits per heavy atom. The number of aromatic nitrogens is 2. The Hall–Kier alpha value is -1.13. The molecule has 0 saturated carbocycles. The minimum absolute atomic E-state index is 0.460. The van der Waals surface area contributed by atoms with Crippen molar-refractivity contribution in [3.05, 3.63) is 40.6 Å². The van der Waals surface area contributed by atoms with Gasteiger partial charge in [-0.25, -0.2) is 4.98 Å². The molecule has 0 aliphatic heterocycles. The van der Waals surface area contributed by atoms with Crippen LogP contribution in [0.1, 0.15) is 17.6 Å². The lowest BCUT2D eigenvalue weighted by Gasteiger charge is -2.15. The number of nitrogens with one attached hydrogen (secondary N) is 1. The van der Waals surface area contributed by atoms with Crippen LogP contribution in [0.5, 0.6) is 0 Å². The van der Waals surface area contributed by atoms with Gasteiger partial charge in [0.2, 0.25) is 0 Å². The first kappa shape index (κ1) is 12.3. The highest BCUT2D eigenvalue weighted by molar-refractivity contribution is 7.09. The van der Waals surface area contributed by atoms with Crippen molar-refractivity contribution in [1.29, 1.82) is 0 Å². The largest absolute Gasteiger partial charge is 0.335 e. The highest BCUT2D eigenvalue weighted by atomic mass is 32.1. The number of likely N-dealkylation sites (N-methyl/N-ethyl adjacent to an activating group) is 1. The molecule has 0 radical (unpaired) electrons. The van der Waals surface area contributed by atoms with E-state index in [1.54, 1.807) is 0 Å². The lowest BCUT2D eigenvalue weighted by molar-refractivity contribution is 0.529. The molecule has 92 valence electrons. The van der Waals surface area contributed by atoms with E-state index in [1.807, 2.05) is 30.8 Å². The van der Waals surface area contributed by atoms with Gasteiger partial charge >= 0.3 is 0 Å². The van der Waals surface area contributed by atoms with Crippen LogP contribution >= 0.6 is 11.3 Å². The molecule has 0 saturated heterocycles. The van der Waals surface area contributed by atoms with Crippen LogP contribution in [0.2, 0.25) is 0 Å². The molecule has 0 amide bonds. The molecule has 0 aliphatic carbocycles. The van der Waals surface area contributed by atoms with Gasteiger partial charge in [0.25, 0.3) is 0 Å². The minimum Gasteiger partial charge on any atom is -0.335 e. The summed E-state index contributed by atoms with van der Waals surface area (Å²) in [5, 5.41) is 5.52. The first-order valence-corrected chi connectivity index (χ1v) is 6.91. The van der Waals surface area contributed by atoms with E-state index in [9.17, 15) is 0 Å². The number of thiophene rings is 1. The van der Waals surface area contributed by atoms with Gasteiger partial charge in [-0.3, -0.25) is 0 Å². The normalized spacial score (nSPS) is 12.8. The Kier molecular flexibility index (Phi) is 4.34. The van der Waals surface area contributed by atoms with Gasteiger partial charge < -0.3 is 9.88 Å². The fourth-order valence-corrected chi connectivity index (χ4v) is 2.77. The second kappa shape index (κ2) is 5.98. The zero-order chi connectivity index (χ0) is 12.1. The predicted octanol–water partition coefficient (Wildman–Crippen LogP) is 2.34. The van der Waals surface area contributed by atoms with Gasteiger partial charge in [0.1, 0.15) is 5.82 Å². The van der Waals surface area contributed by atoms with E-state index < -0.39 is 0 Å². The van der Waals surface area contributed by atoms with Crippen LogP contribution in [0, 0.1) is 0 Å². The van der Waals surface area contributed by atoms with Crippen LogP contribution in [0.4, 0.5) is 0 Å². The number of nitrogens with zero attached hydrogens (tertiary/aromatic N) is 2. The van der Waals surface area contributed by atoms with Gasteiger partial charge in [0.15, 0.2) is 0 Å². The monoisotopic (exact) mass is 249 g/mol. The average Bonchev–Trinajstić information content (AvgIpc) is 2.99. The van der Waals surface area contributed by atoms with Crippen LogP contribution in [-0.2, 0) is 19.4 Å². The second-order valence-electron chi connectivity index (χ2n) is 4.10. The van der Waals surface area contributed by atoms with Gasteiger partial charge in [0.05, 0.1) is 0 Å². The summed E-state index contributed by atoms with van der Waals surface area (Å²) >= 11 is 1.82. The average molecular weight is 249 g/mol. The van der Waals surface area contributed by atoms with Crippen molar-refractivity contribution in [2.45, 2.75) is 32.4 Å². The number of hydrogen-bond donors (Lipinski definition) is 1. The summed E-state index contributed by atoms with van der Waals surface area (Å²) in [6.45, 7) is 3.14. The molecule has 0 aliphatic rings. The topological polar surface area (TPSA) is 29.9 Å². The molecule has 2 aromatic heterocycles. The van der Waals surface area contributed by atoms with Gasteiger partial charge in [-0.15, -0.1) is 11.3 Å². The Balaban J connectivity index is 2.00. The maximum atomic E-state index is 4.43. The van der Waals surface area contributed by atoms with Crippen LogP contribution < -0.4 is 5.32 Å². The van der Waals surface area contributed by atoms with E-state index in [0.29, 0.717) is 6.04 Å². The number of aryl methyl sites for hydroxylation is 1. The molecule has 3 nitrogen and oxygen atoms in total. The number of imidazole rings is 1. The van der Waals surface area contributed by atoms with Crippen molar-refractivity contribution in [2.75, 3.05) is 7.05 Å². The first-order chi connectivity index (χ1) is 8.33. The first-order valence-electron chi connectivity index (χ1n) is 6.03. The maximum Gasteiger partial charge on any atom is 0.110 e. The van der Waals surface area contributed by atoms with Gasteiger partial charge in [-0.05, 0) is 31.8 Å². The Labute approximate surface area is 107 Å². The third-order valence-electron chi connectivity index (χ3n) is 3.01. The molecule has 2 heterocycles. The molecule has 1 atom stereocenters. The summed E-state index contributed by atoms with van der Waals surface area (Å²) in [6, 6.07) is 4.77. The zero-order valence-corrected chi connectivity index (χ0v) is 11.2. The fraction of sp³-hybridized carbons (Fsp3) is 0.462. The van der Waals surface area contributed by atoms with Crippen molar-refractivity contribution >= 4 is 11.3 Å². The second-order valence-corrected chi connectivity index (χ2v) is 5.13. The van der Waals surface area contributed by atoms with Crippen LogP contribution in [0.3, 0.4) is 0 Å². The molecule has 0 bridgehead atoms. The number of rotatable bonds is 6. The Morgan fingerprint density at radius 2 is 2.35 bits per heavy atom.